The monoisotopic (exact) mass is 405 g/mol. The lowest BCUT2D eigenvalue weighted by Crippen LogP contribution is -2.30. The molecule has 5 heteroatoms. The van der Waals surface area contributed by atoms with Crippen LogP contribution in [0.25, 0.3) is 5.76 Å². The smallest absolute Gasteiger partial charge is 0.295 e. The van der Waals surface area contributed by atoms with Crippen LogP contribution in [0.3, 0.4) is 0 Å². The summed E-state index contributed by atoms with van der Waals surface area (Å²) in [6.45, 7) is 6.50. The van der Waals surface area contributed by atoms with Gasteiger partial charge in [-0.15, -0.1) is 0 Å². The van der Waals surface area contributed by atoms with Crippen LogP contribution in [0, 0.1) is 0 Å². The number of carbonyl (C=O) groups is 2. The molecule has 0 radical (unpaired) electrons. The van der Waals surface area contributed by atoms with Crippen molar-refractivity contribution in [3.63, 3.8) is 0 Å². The molecule has 2 unspecified atom stereocenters. The van der Waals surface area contributed by atoms with Crippen LogP contribution in [-0.4, -0.2) is 34.3 Å². The molecular weight excluding hydrogens is 378 g/mol. The van der Waals surface area contributed by atoms with Gasteiger partial charge in [0.05, 0.1) is 11.6 Å². The highest BCUT2D eigenvalue weighted by Crippen LogP contribution is 2.40. The number of aliphatic hydroxyl groups is 1. The van der Waals surface area contributed by atoms with Crippen molar-refractivity contribution in [1.82, 2.24) is 4.90 Å². The number of ketones is 1. The lowest BCUT2D eigenvalue weighted by atomic mass is 9.93. The summed E-state index contributed by atoms with van der Waals surface area (Å²) in [6, 6.07) is 12.8. The molecule has 0 aromatic heterocycles. The fourth-order valence-electron chi connectivity index (χ4n) is 4.36. The molecule has 2 aromatic carbocycles. The highest BCUT2D eigenvalue weighted by atomic mass is 16.5. The highest BCUT2D eigenvalue weighted by Gasteiger charge is 2.45. The molecule has 156 valence electrons. The molecule has 0 spiro atoms. The van der Waals surface area contributed by atoms with Gasteiger partial charge in [-0.25, -0.2) is 0 Å². The Morgan fingerprint density at radius 2 is 1.87 bits per heavy atom. The first-order valence-electron chi connectivity index (χ1n) is 10.6. The maximum absolute atomic E-state index is 13.0. The maximum Gasteiger partial charge on any atom is 0.295 e. The van der Waals surface area contributed by atoms with Gasteiger partial charge in [-0.3, -0.25) is 9.59 Å². The van der Waals surface area contributed by atoms with E-state index in [1.54, 1.807) is 11.0 Å². The Morgan fingerprint density at radius 3 is 2.53 bits per heavy atom. The van der Waals surface area contributed by atoms with Crippen LogP contribution in [-0.2, 0) is 22.4 Å². The van der Waals surface area contributed by atoms with Gasteiger partial charge in [0.25, 0.3) is 11.7 Å². The molecule has 2 heterocycles. The third-order valence-electron chi connectivity index (χ3n) is 5.88. The summed E-state index contributed by atoms with van der Waals surface area (Å²) >= 11 is 0. The van der Waals surface area contributed by atoms with Crippen molar-refractivity contribution >= 4 is 17.4 Å². The summed E-state index contributed by atoms with van der Waals surface area (Å²) in [7, 11) is 0. The number of Topliss-reactive ketones (excluding diaryl/α,β-unsaturated/α-hetero) is 1. The van der Waals surface area contributed by atoms with E-state index >= 15 is 0 Å². The summed E-state index contributed by atoms with van der Waals surface area (Å²) in [5.74, 6) is -0.507. The van der Waals surface area contributed by atoms with Crippen molar-refractivity contribution in [3.05, 3.63) is 70.3 Å². The molecule has 1 N–H and O–H groups in total. The number of carbonyl (C=O) groups excluding carboxylic acids is 2. The zero-order valence-corrected chi connectivity index (χ0v) is 17.6. The number of nitrogens with zero attached hydrogens (tertiary/aromatic N) is 1. The molecule has 5 nitrogen and oxygen atoms in total. The molecule has 1 fully saturated rings. The van der Waals surface area contributed by atoms with Gasteiger partial charge in [0.2, 0.25) is 0 Å². The van der Waals surface area contributed by atoms with Crippen molar-refractivity contribution in [2.24, 2.45) is 0 Å². The highest BCUT2D eigenvalue weighted by molar-refractivity contribution is 6.46. The van der Waals surface area contributed by atoms with E-state index in [1.807, 2.05) is 50.2 Å². The van der Waals surface area contributed by atoms with Crippen LogP contribution in [0.4, 0.5) is 0 Å². The first-order chi connectivity index (χ1) is 14.4. The van der Waals surface area contributed by atoms with Crippen LogP contribution >= 0.6 is 0 Å². The summed E-state index contributed by atoms with van der Waals surface area (Å²) in [5, 5.41) is 11.2. The maximum atomic E-state index is 13.0. The Labute approximate surface area is 177 Å². The molecule has 30 heavy (non-hydrogen) atoms. The van der Waals surface area contributed by atoms with Crippen molar-refractivity contribution in [1.29, 1.82) is 0 Å². The molecule has 2 aromatic rings. The molecule has 1 saturated heterocycles. The summed E-state index contributed by atoms with van der Waals surface area (Å²) < 4.78 is 5.74. The van der Waals surface area contributed by atoms with Crippen LogP contribution in [0.1, 0.15) is 55.5 Å². The number of aliphatic hydroxyl groups excluding tert-OH is 1. The Balaban J connectivity index is 1.82. The second kappa shape index (κ2) is 7.98. The average Bonchev–Trinajstić information content (AvgIpc) is 3.24. The number of hydrogen-bond donors (Lipinski definition) is 1. The van der Waals surface area contributed by atoms with Gasteiger partial charge in [-0.2, -0.15) is 0 Å². The zero-order chi connectivity index (χ0) is 21.4. The normalized spacial score (nSPS) is 22.3. The number of ether oxygens (including phenoxy) is 1. The predicted molar refractivity (Wildman–Crippen MR) is 115 cm³/mol. The topological polar surface area (TPSA) is 66.8 Å². The Hall–Kier alpha value is -3.08. The molecule has 4 rings (SSSR count). The lowest BCUT2D eigenvalue weighted by Gasteiger charge is -2.25. The van der Waals surface area contributed by atoms with Crippen LogP contribution in [0.5, 0.6) is 5.75 Å². The molecule has 2 aliphatic rings. The van der Waals surface area contributed by atoms with Crippen molar-refractivity contribution in [2.45, 2.75) is 52.2 Å². The minimum atomic E-state index is -0.629. The van der Waals surface area contributed by atoms with Crippen LogP contribution in [0.15, 0.2) is 48.0 Å². The molecule has 0 saturated carbocycles. The number of rotatable bonds is 5. The fraction of sp³-hybridized carbons (Fsp3) is 0.360. The number of aryl methyl sites for hydroxylation is 1. The van der Waals surface area contributed by atoms with Gasteiger partial charge in [-0.05, 0) is 54.7 Å². The minimum absolute atomic E-state index is 0.0876. The molecule has 1 amide bonds. The molecular formula is C25H27NO4. The van der Waals surface area contributed by atoms with Gasteiger partial charge < -0.3 is 14.7 Å². The van der Waals surface area contributed by atoms with Crippen molar-refractivity contribution in [3.8, 4) is 5.75 Å². The van der Waals surface area contributed by atoms with Gasteiger partial charge >= 0.3 is 0 Å². The molecule has 0 bridgehead atoms. The number of fused-ring (bicyclic) bond motifs is 1. The Kier molecular flexibility index (Phi) is 5.37. The second-order valence-corrected chi connectivity index (χ2v) is 8.04. The van der Waals surface area contributed by atoms with E-state index in [1.165, 1.54) is 5.56 Å². The van der Waals surface area contributed by atoms with Crippen LogP contribution < -0.4 is 4.74 Å². The van der Waals surface area contributed by atoms with Gasteiger partial charge in [0, 0.05) is 18.5 Å². The molecule has 2 atom stereocenters. The summed E-state index contributed by atoms with van der Waals surface area (Å²) in [4.78, 5) is 27.3. The van der Waals surface area contributed by atoms with E-state index in [9.17, 15) is 14.7 Å². The predicted octanol–water partition coefficient (Wildman–Crippen LogP) is 4.40. The van der Waals surface area contributed by atoms with E-state index in [0.717, 1.165) is 36.1 Å². The third-order valence-corrected chi connectivity index (χ3v) is 5.88. The fourth-order valence-corrected chi connectivity index (χ4v) is 4.36. The van der Waals surface area contributed by atoms with Crippen molar-refractivity contribution < 1.29 is 19.4 Å². The van der Waals surface area contributed by atoms with E-state index in [0.29, 0.717) is 12.1 Å². The number of hydrogen-bond acceptors (Lipinski definition) is 4. The van der Waals surface area contributed by atoms with E-state index in [2.05, 4.69) is 6.92 Å². The number of amides is 1. The van der Waals surface area contributed by atoms with Crippen LogP contribution in [0.2, 0.25) is 0 Å². The SMILES string of the molecule is CCCN1C(=O)C(=O)/C(=C(\O)c2ccc3c(c2)CC(C)O3)C1c1ccc(CC)cc1. The Morgan fingerprint density at radius 1 is 1.13 bits per heavy atom. The first-order valence-corrected chi connectivity index (χ1v) is 10.6. The second-order valence-electron chi connectivity index (χ2n) is 8.04. The largest absolute Gasteiger partial charge is 0.507 e. The van der Waals surface area contributed by atoms with E-state index < -0.39 is 17.7 Å². The average molecular weight is 405 g/mol. The van der Waals surface area contributed by atoms with E-state index in [-0.39, 0.29) is 17.4 Å². The summed E-state index contributed by atoms with van der Waals surface area (Å²) in [6.07, 6.45) is 2.47. The van der Waals surface area contributed by atoms with Gasteiger partial charge in [-0.1, -0.05) is 38.1 Å². The quantitative estimate of drug-likeness (QED) is 0.455. The molecule has 2 aliphatic heterocycles. The third kappa shape index (κ3) is 3.38. The number of benzene rings is 2. The van der Waals surface area contributed by atoms with Gasteiger partial charge in [0.1, 0.15) is 17.6 Å². The first kappa shape index (κ1) is 20.2. The van der Waals surface area contributed by atoms with Crippen molar-refractivity contribution in [2.75, 3.05) is 6.54 Å². The molecule has 0 aliphatic carbocycles. The number of likely N-dealkylation sites (tertiary alicyclic amines) is 1. The summed E-state index contributed by atoms with van der Waals surface area (Å²) in [5.41, 5.74) is 3.71. The lowest BCUT2D eigenvalue weighted by molar-refractivity contribution is -0.139. The Bertz CT molecular complexity index is 1020. The van der Waals surface area contributed by atoms with E-state index in [4.69, 9.17) is 4.74 Å². The minimum Gasteiger partial charge on any atom is -0.507 e. The zero-order valence-electron chi connectivity index (χ0n) is 17.6. The standard InChI is InChI=1S/C25H27NO4/c1-4-12-26-22(17-8-6-16(5-2)7-9-17)21(24(28)25(26)29)23(27)18-10-11-20-19(14-18)13-15(3)30-20/h6-11,14-15,22,27H,4-5,12-13H2,1-3H3/b23-21-. The van der Waals surface area contributed by atoms with Gasteiger partial charge in [0.15, 0.2) is 0 Å².